The molecule has 0 amide bonds. The second-order valence-electron chi connectivity index (χ2n) is 4.87. The Morgan fingerprint density at radius 2 is 2.10 bits per heavy atom. The van der Waals surface area contributed by atoms with Crippen molar-refractivity contribution >= 4 is 39.1 Å². The lowest BCUT2D eigenvalue weighted by Crippen LogP contribution is -2.20. The molecular weight excluding hydrogens is 373 g/mol. The van der Waals surface area contributed by atoms with Crippen molar-refractivity contribution in [1.82, 2.24) is 15.1 Å². The third kappa shape index (κ3) is 3.45. The molecule has 6 heteroatoms. The van der Waals surface area contributed by atoms with Crippen LogP contribution in [0.1, 0.15) is 29.9 Å². The zero-order valence-electron chi connectivity index (χ0n) is 12.3. The first-order valence-electron chi connectivity index (χ1n) is 6.81. The van der Waals surface area contributed by atoms with Gasteiger partial charge in [0.1, 0.15) is 0 Å². The van der Waals surface area contributed by atoms with Crippen LogP contribution in [0.5, 0.6) is 0 Å². The standard InChI is InChI=1S/C15H18BrCl2N3/c1-4-11-14(16)13(21(3)20-11)8-12(19-2)9-6-5-7-10(17)15(9)18/h5-7,12,19H,4,8H2,1-3H3. The molecule has 1 aromatic carbocycles. The van der Waals surface area contributed by atoms with Crippen LogP contribution in [0.15, 0.2) is 22.7 Å². The predicted octanol–water partition coefficient (Wildman–Crippen LogP) is 4.56. The number of aryl methyl sites for hydroxylation is 2. The van der Waals surface area contributed by atoms with Crippen LogP contribution >= 0.6 is 39.1 Å². The molecule has 1 unspecified atom stereocenters. The number of aromatic nitrogens is 2. The summed E-state index contributed by atoms with van der Waals surface area (Å²) < 4.78 is 3.00. The minimum absolute atomic E-state index is 0.0765. The SMILES string of the molecule is CCc1nn(C)c(CC(NC)c2cccc(Cl)c2Cl)c1Br. The van der Waals surface area contributed by atoms with Gasteiger partial charge in [0.05, 0.1) is 25.9 Å². The topological polar surface area (TPSA) is 29.9 Å². The van der Waals surface area contributed by atoms with E-state index in [-0.39, 0.29) is 6.04 Å². The summed E-state index contributed by atoms with van der Waals surface area (Å²) in [6.07, 6.45) is 1.68. The maximum absolute atomic E-state index is 6.34. The van der Waals surface area contributed by atoms with Gasteiger partial charge in [-0.1, -0.05) is 42.3 Å². The highest BCUT2D eigenvalue weighted by Crippen LogP contribution is 2.33. The Kier molecular flexibility index (Phi) is 5.72. The number of benzene rings is 1. The van der Waals surface area contributed by atoms with E-state index in [1.54, 1.807) is 6.07 Å². The van der Waals surface area contributed by atoms with Crippen LogP contribution in [-0.4, -0.2) is 16.8 Å². The van der Waals surface area contributed by atoms with E-state index in [4.69, 9.17) is 23.2 Å². The lowest BCUT2D eigenvalue weighted by atomic mass is 10.0. The fourth-order valence-corrected chi connectivity index (χ4v) is 3.61. The Bertz CT molecular complexity index is 640. The number of hydrogen-bond acceptors (Lipinski definition) is 2. The van der Waals surface area contributed by atoms with Crippen LogP contribution in [0, 0.1) is 0 Å². The highest BCUT2D eigenvalue weighted by Gasteiger charge is 2.20. The van der Waals surface area contributed by atoms with Gasteiger partial charge in [0.25, 0.3) is 0 Å². The van der Waals surface area contributed by atoms with Crippen molar-refractivity contribution in [3.05, 3.63) is 49.7 Å². The molecule has 0 bridgehead atoms. The number of likely N-dealkylation sites (N-methyl/N-ethyl adjacent to an activating group) is 1. The van der Waals surface area contributed by atoms with Crippen LogP contribution in [0.25, 0.3) is 0 Å². The average molecular weight is 391 g/mol. The molecule has 0 saturated heterocycles. The fourth-order valence-electron chi connectivity index (χ4n) is 2.39. The molecule has 0 spiro atoms. The van der Waals surface area contributed by atoms with Crippen LogP contribution in [-0.2, 0) is 19.9 Å². The van der Waals surface area contributed by atoms with E-state index in [0.29, 0.717) is 10.0 Å². The molecule has 0 fully saturated rings. The largest absolute Gasteiger partial charge is 0.313 e. The monoisotopic (exact) mass is 389 g/mol. The van der Waals surface area contributed by atoms with Crippen LogP contribution in [0.4, 0.5) is 0 Å². The summed E-state index contributed by atoms with van der Waals surface area (Å²) in [6.45, 7) is 2.10. The lowest BCUT2D eigenvalue weighted by Gasteiger charge is -2.19. The van der Waals surface area contributed by atoms with Crippen molar-refractivity contribution < 1.29 is 0 Å². The van der Waals surface area contributed by atoms with Crippen molar-refractivity contribution in [1.29, 1.82) is 0 Å². The third-order valence-electron chi connectivity index (χ3n) is 3.61. The van der Waals surface area contributed by atoms with Gasteiger partial charge >= 0.3 is 0 Å². The highest BCUT2D eigenvalue weighted by atomic mass is 79.9. The van der Waals surface area contributed by atoms with Gasteiger partial charge in [0.15, 0.2) is 0 Å². The Morgan fingerprint density at radius 1 is 1.38 bits per heavy atom. The molecule has 1 N–H and O–H groups in total. The van der Waals surface area contributed by atoms with Crippen molar-refractivity contribution in [2.75, 3.05) is 7.05 Å². The molecule has 0 aliphatic carbocycles. The van der Waals surface area contributed by atoms with Crippen molar-refractivity contribution in [2.24, 2.45) is 7.05 Å². The van der Waals surface area contributed by atoms with E-state index in [1.807, 2.05) is 30.9 Å². The number of hydrogen-bond donors (Lipinski definition) is 1. The molecule has 1 heterocycles. The molecule has 2 aromatic rings. The smallest absolute Gasteiger partial charge is 0.0766 e. The van der Waals surface area contributed by atoms with E-state index >= 15 is 0 Å². The van der Waals surface area contributed by atoms with E-state index in [0.717, 1.165) is 34.3 Å². The van der Waals surface area contributed by atoms with Crippen molar-refractivity contribution in [2.45, 2.75) is 25.8 Å². The molecule has 21 heavy (non-hydrogen) atoms. The van der Waals surface area contributed by atoms with Crippen molar-refractivity contribution in [3.8, 4) is 0 Å². The second-order valence-corrected chi connectivity index (χ2v) is 6.45. The second kappa shape index (κ2) is 7.14. The minimum Gasteiger partial charge on any atom is -0.313 e. The van der Waals surface area contributed by atoms with Gasteiger partial charge in [0.2, 0.25) is 0 Å². The first kappa shape index (κ1) is 16.8. The molecule has 2 rings (SSSR count). The summed E-state index contributed by atoms with van der Waals surface area (Å²) in [6, 6.07) is 5.80. The van der Waals surface area contributed by atoms with Gasteiger partial charge in [-0.15, -0.1) is 0 Å². The van der Waals surface area contributed by atoms with Crippen molar-refractivity contribution in [3.63, 3.8) is 0 Å². The molecule has 114 valence electrons. The lowest BCUT2D eigenvalue weighted by molar-refractivity contribution is 0.560. The quantitative estimate of drug-likeness (QED) is 0.811. The van der Waals surface area contributed by atoms with E-state index in [2.05, 4.69) is 33.3 Å². The molecule has 1 aromatic heterocycles. The normalized spacial score (nSPS) is 12.7. The molecule has 0 radical (unpaired) electrons. The maximum atomic E-state index is 6.34. The molecule has 3 nitrogen and oxygen atoms in total. The van der Waals surface area contributed by atoms with Gasteiger partial charge in [-0.05, 0) is 41.0 Å². The Balaban J connectivity index is 2.36. The van der Waals surface area contributed by atoms with Gasteiger partial charge in [-0.25, -0.2) is 0 Å². The molecular formula is C15H18BrCl2N3. The Hall–Kier alpha value is -0.550. The zero-order valence-corrected chi connectivity index (χ0v) is 15.3. The summed E-state index contributed by atoms with van der Waals surface area (Å²) in [7, 11) is 3.89. The fraction of sp³-hybridized carbons (Fsp3) is 0.400. The van der Waals surface area contributed by atoms with Gasteiger partial charge < -0.3 is 5.32 Å². The van der Waals surface area contributed by atoms with Crippen LogP contribution in [0.2, 0.25) is 10.0 Å². The maximum Gasteiger partial charge on any atom is 0.0766 e. The molecule has 0 aliphatic rings. The number of rotatable bonds is 5. The van der Waals surface area contributed by atoms with Gasteiger partial charge in [-0.3, -0.25) is 4.68 Å². The molecule has 1 atom stereocenters. The molecule has 0 aliphatic heterocycles. The first-order chi connectivity index (χ1) is 9.99. The van der Waals surface area contributed by atoms with E-state index < -0.39 is 0 Å². The average Bonchev–Trinajstić information content (AvgIpc) is 2.74. The third-order valence-corrected chi connectivity index (χ3v) is 5.35. The molecule has 0 saturated carbocycles. The Morgan fingerprint density at radius 3 is 2.67 bits per heavy atom. The first-order valence-corrected chi connectivity index (χ1v) is 8.35. The predicted molar refractivity (Wildman–Crippen MR) is 92.3 cm³/mol. The summed E-state index contributed by atoms with van der Waals surface area (Å²) in [5, 5.41) is 9.02. The van der Waals surface area contributed by atoms with Gasteiger partial charge in [-0.2, -0.15) is 5.10 Å². The number of nitrogens with zero attached hydrogens (tertiary/aromatic N) is 2. The van der Waals surface area contributed by atoms with Crippen LogP contribution in [0.3, 0.4) is 0 Å². The van der Waals surface area contributed by atoms with Gasteiger partial charge in [0, 0.05) is 19.5 Å². The number of halogens is 3. The summed E-state index contributed by atoms with van der Waals surface area (Å²) in [5.74, 6) is 0. The minimum atomic E-state index is 0.0765. The highest BCUT2D eigenvalue weighted by molar-refractivity contribution is 9.10. The Labute approximate surface area is 143 Å². The zero-order chi connectivity index (χ0) is 15.6. The van der Waals surface area contributed by atoms with E-state index in [9.17, 15) is 0 Å². The van der Waals surface area contributed by atoms with E-state index in [1.165, 1.54) is 0 Å². The summed E-state index contributed by atoms with van der Waals surface area (Å²) in [5.41, 5.74) is 3.21. The van der Waals surface area contributed by atoms with Crippen LogP contribution < -0.4 is 5.32 Å². The summed E-state index contributed by atoms with van der Waals surface area (Å²) >= 11 is 16.1. The number of nitrogens with one attached hydrogen (secondary N) is 1. The summed E-state index contributed by atoms with van der Waals surface area (Å²) in [4.78, 5) is 0.